The van der Waals surface area contributed by atoms with Crippen LogP contribution in [0.4, 0.5) is 0 Å². The van der Waals surface area contributed by atoms with Crippen LogP contribution in [0.1, 0.15) is 40.4 Å². The molecule has 0 aliphatic carbocycles. The van der Waals surface area contributed by atoms with Crippen molar-refractivity contribution in [2.45, 2.75) is 18.9 Å². The van der Waals surface area contributed by atoms with Gasteiger partial charge in [-0.3, -0.25) is 4.79 Å². The van der Waals surface area contributed by atoms with Gasteiger partial charge in [0, 0.05) is 38.2 Å². The number of aliphatic hydroxyl groups excluding tert-OH is 1. The van der Waals surface area contributed by atoms with E-state index in [1.807, 2.05) is 42.3 Å². The van der Waals surface area contributed by atoms with Gasteiger partial charge in [0.15, 0.2) is 0 Å². The highest BCUT2D eigenvalue weighted by molar-refractivity contribution is 5.97. The normalized spacial score (nSPS) is 24.2. The predicted molar refractivity (Wildman–Crippen MR) is 103 cm³/mol. The van der Waals surface area contributed by atoms with Gasteiger partial charge >= 0.3 is 0 Å². The van der Waals surface area contributed by atoms with Crippen LogP contribution in [0.25, 0.3) is 11.1 Å². The summed E-state index contributed by atoms with van der Waals surface area (Å²) in [5.41, 5.74) is 4.96. The molecule has 4 rings (SSSR count). The predicted octanol–water partition coefficient (Wildman–Crippen LogP) is 3.14. The Hall–Kier alpha value is -2.17. The summed E-state index contributed by atoms with van der Waals surface area (Å²) in [6, 6.07) is 14.2. The monoisotopic (exact) mass is 350 g/mol. The van der Waals surface area contributed by atoms with E-state index in [2.05, 4.69) is 24.1 Å². The van der Waals surface area contributed by atoms with E-state index in [0.29, 0.717) is 11.8 Å². The Morgan fingerprint density at radius 1 is 1.04 bits per heavy atom. The van der Waals surface area contributed by atoms with Crippen LogP contribution in [0, 0.1) is 5.92 Å². The Kier molecular flexibility index (Phi) is 4.33. The Morgan fingerprint density at radius 3 is 2.58 bits per heavy atom. The first kappa shape index (κ1) is 17.3. The first-order chi connectivity index (χ1) is 12.4. The molecule has 1 fully saturated rings. The minimum atomic E-state index is -0.502. The number of carbonyl (C=O) groups is 1. The molecule has 1 unspecified atom stereocenters. The molecule has 0 saturated carbocycles. The Morgan fingerprint density at radius 2 is 1.81 bits per heavy atom. The third-order valence-corrected chi connectivity index (χ3v) is 5.86. The molecule has 136 valence electrons. The maximum Gasteiger partial charge on any atom is 0.253 e. The maximum absolute atomic E-state index is 13.0. The van der Waals surface area contributed by atoms with Gasteiger partial charge in [-0.1, -0.05) is 30.3 Å². The highest BCUT2D eigenvalue weighted by atomic mass is 16.3. The van der Waals surface area contributed by atoms with E-state index in [-0.39, 0.29) is 5.91 Å². The second-order valence-corrected chi connectivity index (χ2v) is 7.88. The van der Waals surface area contributed by atoms with Crippen molar-refractivity contribution >= 4 is 5.91 Å². The zero-order chi connectivity index (χ0) is 18.4. The molecule has 26 heavy (non-hydrogen) atoms. The standard InChI is InChI=1S/C22H26N2O2/c1-14(25)15-5-4-6-16(9-15)17-7-8-19-20(10-17)22(26)24(3)12-18-11-23(2)13-21(18)19/h4-10,14,18,21,25H,11-13H2,1-3H3/t14?,18-,21+/m0/s1. The van der Waals surface area contributed by atoms with E-state index in [9.17, 15) is 9.90 Å². The van der Waals surface area contributed by atoms with E-state index in [1.165, 1.54) is 5.56 Å². The largest absolute Gasteiger partial charge is 0.389 e. The molecule has 2 aromatic carbocycles. The highest BCUT2D eigenvalue weighted by Crippen LogP contribution is 2.38. The van der Waals surface area contributed by atoms with Gasteiger partial charge in [-0.25, -0.2) is 0 Å². The molecule has 4 heteroatoms. The van der Waals surface area contributed by atoms with Gasteiger partial charge in [-0.2, -0.15) is 0 Å². The summed E-state index contributed by atoms with van der Waals surface area (Å²) >= 11 is 0. The van der Waals surface area contributed by atoms with Gasteiger partial charge in [0.25, 0.3) is 5.91 Å². The number of amides is 1. The molecule has 1 saturated heterocycles. The number of aliphatic hydroxyl groups is 1. The number of hydrogen-bond acceptors (Lipinski definition) is 3. The lowest BCUT2D eigenvalue weighted by Gasteiger charge is -2.19. The topological polar surface area (TPSA) is 43.8 Å². The number of fused-ring (bicyclic) bond motifs is 3. The number of nitrogens with zero attached hydrogens (tertiary/aromatic N) is 2. The molecule has 0 bridgehead atoms. The lowest BCUT2D eigenvalue weighted by molar-refractivity contribution is 0.0782. The van der Waals surface area contributed by atoms with E-state index in [1.54, 1.807) is 6.92 Å². The number of rotatable bonds is 2. The fraction of sp³-hybridized carbons (Fsp3) is 0.409. The minimum Gasteiger partial charge on any atom is -0.389 e. The molecule has 0 spiro atoms. The van der Waals surface area contributed by atoms with Gasteiger partial charge in [0.2, 0.25) is 0 Å². The maximum atomic E-state index is 13.0. The number of likely N-dealkylation sites (N-methyl/N-ethyl adjacent to an activating group) is 1. The zero-order valence-corrected chi connectivity index (χ0v) is 15.6. The highest BCUT2D eigenvalue weighted by Gasteiger charge is 2.38. The second kappa shape index (κ2) is 6.53. The van der Waals surface area contributed by atoms with Crippen LogP contribution in [-0.2, 0) is 0 Å². The van der Waals surface area contributed by atoms with Crippen LogP contribution >= 0.6 is 0 Å². The minimum absolute atomic E-state index is 0.116. The summed E-state index contributed by atoms with van der Waals surface area (Å²) in [4.78, 5) is 17.2. The van der Waals surface area contributed by atoms with Crippen LogP contribution in [0.3, 0.4) is 0 Å². The summed E-state index contributed by atoms with van der Waals surface area (Å²) in [5.74, 6) is 1.03. The number of carbonyl (C=O) groups excluding carboxylic acids is 1. The number of hydrogen-bond donors (Lipinski definition) is 1. The van der Waals surface area contributed by atoms with Gasteiger partial charge in [-0.15, -0.1) is 0 Å². The van der Waals surface area contributed by atoms with Crippen LogP contribution in [0.15, 0.2) is 42.5 Å². The number of likely N-dealkylation sites (tertiary alicyclic amines) is 1. The summed E-state index contributed by atoms with van der Waals surface area (Å²) < 4.78 is 0. The second-order valence-electron chi connectivity index (χ2n) is 7.88. The first-order valence-electron chi connectivity index (χ1n) is 9.30. The van der Waals surface area contributed by atoms with Crippen molar-refractivity contribution in [2.24, 2.45) is 5.92 Å². The van der Waals surface area contributed by atoms with E-state index in [0.717, 1.165) is 41.9 Å². The summed E-state index contributed by atoms with van der Waals surface area (Å²) in [6.07, 6.45) is -0.502. The molecule has 4 nitrogen and oxygen atoms in total. The molecule has 3 atom stereocenters. The lowest BCUT2D eigenvalue weighted by Crippen LogP contribution is -2.31. The van der Waals surface area contributed by atoms with Crippen molar-refractivity contribution in [3.8, 4) is 11.1 Å². The fourth-order valence-electron chi connectivity index (χ4n) is 4.49. The Bertz CT molecular complexity index is 846. The summed E-state index contributed by atoms with van der Waals surface area (Å²) in [6.45, 7) is 4.64. The van der Waals surface area contributed by atoms with Crippen LogP contribution in [0.5, 0.6) is 0 Å². The molecule has 1 N–H and O–H groups in total. The molecule has 2 heterocycles. The SMILES string of the molecule is CC(O)c1cccc(-c2ccc3c(c2)C(=O)N(C)C[C@@H]2CN(C)C[C@@H]32)c1. The molecular weight excluding hydrogens is 324 g/mol. The molecule has 0 radical (unpaired) electrons. The smallest absolute Gasteiger partial charge is 0.253 e. The average molecular weight is 350 g/mol. The molecular formula is C22H26N2O2. The fourth-order valence-corrected chi connectivity index (χ4v) is 4.49. The molecule has 2 aliphatic rings. The zero-order valence-electron chi connectivity index (χ0n) is 15.6. The van der Waals surface area contributed by atoms with Crippen molar-refractivity contribution in [1.29, 1.82) is 0 Å². The summed E-state index contributed by atoms with van der Waals surface area (Å²) in [7, 11) is 4.07. The van der Waals surface area contributed by atoms with Crippen molar-refractivity contribution in [3.63, 3.8) is 0 Å². The van der Waals surface area contributed by atoms with Crippen molar-refractivity contribution in [3.05, 3.63) is 59.2 Å². The van der Waals surface area contributed by atoms with E-state index >= 15 is 0 Å². The third kappa shape index (κ3) is 2.93. The first-order valence-corrected chi connectivity index (χ1v) is 9.30. The summed E-state index contributed by atoms with van der Waals surface area (Å²) in [5, 5.41) is 9.86. The van der Waals surface area contributed by atoms with Gasteiger partial charge < -0.3 is 14.9 Å². The number of benzene rings is 2. The molecule has 0 aromatic heterocycles. The molecule has 2 aliphatic heterocycles. The third-order valence-electron chi connectivity index (χ3n) is 5.86. The molecule has 1 amide bonds. The van der Waals surface area contributed by atoms with Gasteiger partial charge in [0.05, 0.1) is 6.10 Å². The van der Waals surface area contributed by atoms with Crippen LogP contribution in [0.2, 0.25) is 0 Å². The van der Waals surface area contributed by atoms with Gasteiger partial charge in [-0.05, 0) is 54.3 Å². The lowest BCUT2D eigenvalue weighted by atomic mass is 9.86. The average Bonchev–Trinajstić information content (AvgIpc) is 2.96. The van der Waals surface area contributed by atoms with Gasteiger partial charge in [0.1, 0.15) is 0 Å². The van der Waals surface area contributed by atoms with Crippen molar-refractivity contribution in [2.75, 3.05) is 33.7 Å². The quantitative estimate of drug-likeness (QED) is 0.905. The van der Waals surface area contributed by atoms with Crippen LogP contribution in [-0.4, -0.2) is 54.5 Å². The van der Waals surface area contributed by atoms with Crippen molar-refractivity contribution in [1.82, 2.24) is 9.80 Å². The van der Waals surface area contributed by atoms with E-state index < -0.39 is 6.10 Å². The molecule has 2 aromatic rings. The van der Waals surface area contributed by atoms with Crippen molar-refractivity contribution < 1.29 is 9.90 Å². The Labute approximate surface area is 155 Å². The van der Waals surface area contributed by atoms with E-state index in [4.69, 9.17) is 0 Å². The Balaban J connectivity index is 1.79. The van der Waals surface area contributed by atoms with Crippen LogP contribution < -0.4 is 0 Å².